The highest BCUT2D eigenvalue weighted by atomic mass is 16.6. The highest BCUT2D eigenvalue weighted by molar-refractivity contribution is 5.88. The molecule has 158 valence electrons. The Labute approximate surface area is 181 Å². The molecular weight excluding hydrogens is 390 g/mol. The Hall–Kier alpha value is -3.12. The lowest BCUT2D eigenvalue weighted by Gasteiger charge is -2.38. The zero-order chi connectivity index (χ0) is 20.8. The molecule has 2 aromatic heterocycles. The molecule has 1 spiro atoms. The molecular formula is C25H25N3O3. The summed E-state index contributed by atoms with van der Waals surface area (Å²) in [5.41, 5.74) is 1.53. The van der Waals surface area contributed by atoms with E-state index in [1.807, 2.05) is 47.5 Å². The number of carbonyl (C=O) groups excluding carboxylic acids is 1. The lowest BCUT2D eigenvalue weighted by molar-refractivity contribution is -0.140. The number of piperidine rings is 1. The first-order chi connectivity index (χ1) is 15.2. The van der Waals surface area contributed by atoms with E-state index in [0.717, 1.165) is 43.1 Å². The van der Waals surface area contributed by atoms with Crippen molar-refractivity contribution >= 4 is 11.7 Å². The topological polar surface area (TPSA) is 58.8 Å². The summed E-state index contributed by atoms with van der Waals surface area (Å²) in [5, 5.41) is 0. The van der Waals surface area contributed by atoms with Gasteiger partial charge in [-0.2, -0.15) is 0 Å². The number of hydrogen-bond donors (Lipinski definition) is 0. The van der Waals surface area contributed by atoms with Gasteiger partial charge in [-0.25, -0.2) is 4.98 Å². The van der Waals surface area contributed by atoms with Gasteiger partial charge in [-0.15, -0.1) is 0 Å². The van der Waals surface area contributed by atoms with E-state index in [2.05, 4.69) is 28.1 Å². The molecule has 0 saturated carbocycles. The van der Waals surface area contributed by atoms with E-state index in [1.54, 1.807) is 6.26 Å². The van der Waals surface area contributed by atoms with Gasteiger partial charge in [-0.1, -0.05) is 30.3 Å². The minimum atomic E-state index is -0.687. The predicted octanol–water partition coefficient (Wildman–Crippen LogP) is 4.40. The van der Waals surface area contributed by atoms with Crippen molar-refractivity contribution in [1.82, 2.24) is 9.88 Å². The van der Waals surface area contributed by atoms with E-state index < -0.39 is 5.60 Å². The Morgan fingerprint density at radius 1 is 1.00 bits per heavy atom. The molecule has 31 heavy (non-hydrogen) atoms. The Morgan fingerprint density at radius 3 is 2.61 bits per heavy atom. The lowest BCUT2D eigenvalue weighted by atomic mass is 9.89. The van der Waals surface area contributed by atoms with Gasteiger partial charge in [0.1, 0.15) is 17.8 Å². The number of pyridine rings is 1. The number of rotatable bonds is 3. The minimum absolute atomic E-state index is 0.0929. The van der Waals surface area contributed by atoms with Crippen LogP contribution in [0.1, 0.15) is 37.3 Å². The van der Waals surface area contributed by atoms with Crippen LogP contribution in [0.25, 0.3) is 11.3 Å². The number of carbonyl (C=O) groups is 1. The average Bonchev–Trinajstić information content (AvgIpc) is 3.55. The molecule has 0 radical (unpaired) electrons. The number of aromatic nitrogens is 1. The van der Waals surface area contributed by atoms with Gasteiger partial charge in [0.05, 0.1) is 12.3 Å². The molecule has 0 N–H and O–H groups in total. The second-order valence-corrected chi connectivity index (χ2v) is 8.65. The monoisotopic (exact) mass is 415 g/mol. The van der Waals surface area contributed by atoms with Crippen LogP contribution in [0.5, 0.6) is 0 Å². The summed E-state index contributed by atoms with van der Waals surface area (Å²) in [6.07, 6.45) is 6.65. The van der Waals surface area contributed by atoms with Crippen molar-refractivity contribution in [3.05, 3.63) is 72.6 Å². The number of anilines is 1. The molecule has 3 aliphatic heterocycles. The summed E-state index contributed by atoms with van der Waals surface area (Å²) >= 11 is 0. The highest BCUT2D eigenvalue weighted by Crippen LogP contribution is 2.47. The quantitative estimate of drug-likeness (QED) is 0.635. The van der Waals surface area contributed by atoms with Crippen LogP contribution < -0.4 is 4.90 Å². The van der Waals surface area contributed by atoms with Gasteiger partial charge >= 0.3 is 0 Å². The van der Waals surface area contributed by atoms with Crippen molar-refractivity contribution in [2.75, 3.05) is 18.0 Å². The first-order valence-electron chi connectivity index (χ1n) is 11.0. The zero-order valence-corrected chi connectivity index (χ0v) is 17.3. The molecule has 3 aromatic rings. The smallest absolute Gasteiger partial charge is 0.257 e. The molecule has 3 fully saturated rings. The molecule has 6 rings (SSSR count). The maximum absolute atomic E-state index is 13.6. The van der Waals surface area contributed by atoms with E-state index in [1.165, 1.54) is 5.56 Å². The second kappa shape index (κ2) is 7.24. The molecule has 5 heterocycles. The third-order valence-corrected chi connectivity index (χ3v) is 6.95. The van der Waals surface area contributed by atoms with Crippen LogP contribution in [0.4, 0.5) is 5.82 Å². The number of benzene rings is 1. The Balaban J connectivity index is 1.19. The third kappa shape index (κ3) is 3.05. The number of amides is 1. The Kier molecular flexibility index (Phi) is 4.35. The van der Waals surface area contributed by atoms with Crippen LogP contribution in [0.3, 0.4) is 0 Å². The number of nitrogens with zero attached hydrogens (tertiary/aromatic N) is 3. The van der Waals surface area contributed by atoms with E-state index in [-0.39, 0.29) is 18.2 Å². The largest absolute Gasteiger partial charge is 0.464 e. The fourth-order valence-electron chi connectivity index (χ4n) is 5.33. The maximum Gasteiger partial charge on any atom is 0.257 e. The summed E-state index contributed by atoms with van der Waals surface area (Å²) in [7, 11) is 0. The molecule has 2 atom stereocenters. The predicted molar refractivity (Wildman–Crippen MR) is 116 cm³/mol. The van der Waals surface area contributed by atoms with Crippen LogP contribution in [0.15, 0.2) is 71.5 Å². The zero-order valence-electron chi connectivity index (χ0n) is 17.3. The van der Waals surface area contributed by atoms with Crippen LogP contribution in [0, 0.1) is 0 Å². The third-order valence-electron chi connectivity index (χ3n) is 6.95. The number of furan rings is 1. The Bertz CT molecular complexity index is 1070. The van der Waals surface area contributed by atoms with Crippen LogP contribution in [-0.2, 0) is 9.53 Å². The minimum Gasteiger partial charge on any atom is -0.464 e. The molecule has 6 heteroatoms. The molecule has 1 aromatic carbocycles. The maximum atomic E-state index is 13.6. The fourth-order valence-corrected chi connectivity index (χ4v) is 5.33. The molecule has 1 amide bonds. The van der Waals surface area contributed by atoms with Crippen LogP contribution in [0.2, 0.25) is 0 Å². The normalized spacial score (nSPS) is 24.7. The second-order valence-electron chi connectivity index (χ2n) is 8.65. The number of hydrogen-bond acceptors (Lipinski definition) is 5. The standard InChI is InChI=1S/C25H25N3O3/c29-24-25(31-23-9-8-20(28(23)24)18-5-2-1-3-6-18)11-14-27(15-12-25)22-17-19(10-13-26-22)21-7-4-16-30-21/h1-7,10,13,16-17,20,23H,8-9,11-12,14-15H2/t20-,23+/m0/s1. The first-order valence-corrected chi connectivity index (χ1v) is 11.0. The fraction of sp³-hybridized carbons (Fsp3) is 0.360. The number of ether oxygens (including phenoxy) is 1. The average molecular weight is 415 g/mol. The SMILES string of the molecule is O=C1N2[C@@H](CC[C@H]2c2ccccc2)OC12CCN(c1cc(-c3ccco3)ccn1)CC2. The molecule has 3 aliphatic rings. The molecule has 0 unspecified atom stereocenters. The number of fused-ring (bicyclic) bond motifs is 1. The van der Waals surface area contributed by atoms with E-state index in [0.29, 0.717) is 12.8 Å². The van der Waals surface area contributed by atoms with Gasteiger partial charge in [0.25, 0.3) is 5.91 Å². The van der Waals surface area contributed by atoms with Gasteiger partial charge in [0.2, 0.25) is 0 Å². The van der Waals surface area contributed by atoms with Gasteiger partial charge in [-0.3, -0.25) is 4.79 Å². The molecule has 6 nitrogen and oxygen atoms in total. The highest BCUT2D eigenvalue weighted by Gasteiger charge is 2.57. The van der Waals surface area contributed by atoms with E-state index in [9.17, 15) is 4.79 Å². The van der Waals surface area contributed by atoms with E-state index in [4.69, 9.17) is 9.15 Å². The summed E-state index contributed by atoms with van der Waals surface area (Å²) < 4.78 is 12.0. The van der Waals surface area contributed by atoms with Crippen molar-refractivity contribution < 1.29 is 13.9 Å². The van der Waals surface area contributed by atoms with Crippen LogP contribution in [-0.4, -0.2) is 40.7 Å². The van der Waals surface area contributed by atoms with Crippen molar-refractivity contribution in [1.29, 1.82) is 0 Å². The van der Waals surface area contributed by atoms with Gasteiger partial charge in [-0.05, 0) is 42.7 Å². The summed E-state index contributed by atoms with van der Waals surface area (Å²) in [6.45, 7) is 1.49. The van der Waals surface area contributed by atoms with Crippen LogP contribution >= 0.6 is 0 Å². The molecule has 3 saturated heterocycles. The lowest BCUT2D eigenvalue weighted by Crippen LogP contribution is -2.50. The molecule has 0 bridgehead atoms. The molecule has 0 aliphatic carbocycles. The first kappa shape index (κ1) is 18.6. The van der Waals surface area contributed by atoms with Crippen molar-refractivity contribution in [2.45, 2.75) is 43.6 Å². The van der Waals surface area contributed by atoms with E-state index >= 15 is 0 Å². The summed E-state index contributed by atoms with van der Waals surface area (Å²) in [4.78, 5) is 22.4. The van der Waals surface area contributed by atoms with Gasteiger partial charge < -0.3 is 19.0 Å². The van der Waals surface area contributed by atoms with Crippen molar-refractivity contribution in [3.63, 3.8) is 0 Å². The van der Waals surface area contributed by atoms with Crippen molar-refractivity contribution in [2.24, 2.45) is 0 Å². The Morgan fingerprint density at radius 2 is 1.84 bits per heavy atom. The van der Waals surface area contributed by atoms with Gasteiger partial charge in [0.15, 0.2) is 5.60 Å². The van der Waals surface area contributed by atoms with Gasteiger partial charge in [0, 0.05) is 37.7 Å². The van der Waals surface area contributed by atoms with Crippen molar-refractivity contribution in [3.8, 4) is 11.3 Å². The summed E-state index contributed by atoms with van der Waals surface area (Å²) in [5.74, 6) is 1.91. The summed E-state index contributed by atoms with van der Waals surface area (Å²) in [6, 6.07) is 18.3.